The van der Waals surface area contributed by atoms with Gasteiger partial charge in [0.15, 0.2) is 0 Å². The number of likely N-dealkylation sites (N-methyl/N-ethyl adjacent to an activating group) is 1. The first-order valence-electron chi connectivity index (χ1n) is 6.49. The lowest BCUT2D eigenvalue weighted by atomic mass is 10.3. The van der Waals surface area contributed by atoms with Crippen LogP contribution in [0.5, 0.6) is 0 Å². The van der Waals surface area contributed by atoms with E-state index < -0.39 is 5.97 Å². The third-order valence-corrected chi connectivity index (χ3v) is 3.96. The highest BCUT2D eigenvalue weighted by Gasteiger charge is 2.13. The molecular formula is C16H17NO2S. The Morgan fingerprint density at radius 1 is 1.10 bits per heavy atom. The quantitative estimate of drug-likeness (QED) is 0.878. The lowest BCUT2D eigenvalue weighted by Gasteiger charge is -2.23. The fraction of sp³-hybridized carbons (Fsp3) is 0.188. The van der Waals surface area contributed by atoms with E-state index >= 15 is 0 Å². The molecule has 0 radical (unpaired) electrons. The van der Waals surface area contributed by atoms with Gasteiger partial charge in [-0.25, -0.2) is 0 Å². The van der Waals surface area contributed by atoms with Crippen LogP contribution < -0.4 is 4.90 Å². The maximum Gasteiger partial charge on any atom is 0.323 e. The monoisotopic (exact) mass is 287 g/mol. The van der Waals surface area contributed by atoms with E-state index in [4.69, 9.17) is 5.11 Å². The standard InChI is InChI=1S/C16H17NO2S/c1-2-17(12-16(18)19)14-10-6-7-11-15(14)20-13-8-4-3-5-9-13/h3-11H,2,12H2,1H3,(H,18,19). The van der Waals surface area contributed by atoms with Crippen molar-refractivity contribution in [1.82, 2.24) is 0 Å². The van der Waals surface area contributed by atoms with Crippen molar-refractivity contribution >= 4 is 23.4 Å². The minimum atomic E-state index is -0.814. The fourth-order valence-electron chi connectivity index (χ4n) is 1.95. The van der Waals surface area contributed by atoms with Gasteiger partial charge in [0.1, 0.15) is 6.54 Å². The molecule has 0 spiro atoms. The van der Waals surface area contributed by atoms with Gasteiger partial charge >= 0.3 is 5.97 Å². The van der Waals surface area contributed by atoms with Gasteiger partial charge < -0.3 is 10.0 Å². The number of hydrogen-bond donors (Lipinski definition) is 1. The highest BCUT2D eigenvalue weighted by Crippen LogP contribution is 2.35. The summed E-state index contributed by atoms with van der Waals surface area (Å²) in [5, 5.41) is 9.01. The van der Waals surface area contributed by atoms with E-state index in [0.717, 1.165) is 15.5 Å². The van der Waals surface area contributed by atoms with Crippen LogP contribution in [0, 0.1) is 0 Å². The second-order valence-electron chi connectivity index (χ2n) is 4.29. The lowest BCUT2D eigenvalue weighted by molar-refractivity contribution is -0.135. The summed E-state index contributed by atoms with van der Waals surface area (Å²) in [7, 11) is 0. The molecule has 0 amide bonds. The largest absolute Gasteiger partial charge is 0.480 e. The molecule has 0 unspecified atom stereocenters. The number of para-hydroxylation sites is 1. The Kier molecular flexibility index (Phi) is 5.07. The predicted molar refractivity (Wildman–Crippen MR) is 82.5 cm³/mol. The van der Waals surface area contributed by atoms with E-state index in [1.165, 1.54) is 0 Å². The summed E-state index contributed by atoms with van der Waals surface area (Å²) in [6, 6.07) is 18.0. The Morgan fingerprint density at radius 3 is 2.40 bits per heavy atom. The first-order valence-corrected chi connectivity index (χ1v) is 7.31. The number of hydrogen-bond acceptors (Lipinski definition) is 3. The van der Waals surface area contributed by atoms with Crippen molar-refractivity contribution in [2.24, 2.45) is 0 Å². The third kappa shape index (κ3) is 3.78. The van der Waals surface area contributed by atoms with Gasteiger partial charge in [-0.3, -0.25) is 4.79 Å². The van der Waals surface area contributed by atoms with Crippen LogP contribution in [0.4, 0.5) is 5.69 Å². The molecule has 0 aliphatic carbocycles. The number of benzene rings is 2. The predicted octanol–water partition coefficient (Wildman–Crippen LogP) is 3.75. The van der Waals surface area contributed by atoms with E-state index in [1.807, 2.05) is 54.3 Å². The summed E-state index contributed by atoms with van der Waals surface area (Å²) in [5.74, 6) is -0.814. The van der Waals surface area contributed by atoms with Crippen molar-refractivity contribution in [3.8, 4) is 0 Å². The molecular weight excluding hydrogens is 270 g/mol. The van der Waals surface area contributed by atoms with Crippen LogP contribution in [0.3, 0.4) is 0 Å². The Morgan fingerprint density at radius 2 is 1.75 bits per heavy atom. The van der Waals surface area contributed by atoms with Crippen LogP contribution in [-0.2, 0) is 4.79 Å². The lowest BCUT2D eigenvalue weighted by Crippen LogP contribution is -2.29. The minimum Gasteiger partial charge on any atom is -0.480 e. The number of rotatable bonds is 6. The van der Waals surface area contributed by atoms with Gasteiger partial charge in [0, 0.05) is 16.3 Å². The number of anilines is 1. The van der Waals surface area contributed by atoms with Crippen LogP contribution in [0.2, 0.25) is 0 Å². The Bertz CT molecular complexity index is 572. The molecule has 1 N–H and O–H groups in total. The Labute approximate surface area is 123 Å². The number of carboxylic acid groups (broad SMARTS) is 1. The van der Waals surface area contributed by atoms with Gasteiger partial charge in [0.05, 0.1) is 5.69 Å². The topological polar surface area (TPSA) is 40.5 Å². The molecule has 2 rings (SSSR count). The van der Waals surface area contributed by atoms with Gasteiger partial charge in [0.2, 0.25) is 0 Å². The molecule has 0 aliphatic heterocycles. The van der Waals surface area contributed by atoms with Crippen LogP contribution in [-0.4, -0.2) is 24.2 Å². The first kappa shape index (κ1) is 14.5. The molecule has 4 heteroatoms. The highest BCUT2D eigenvalue weighted by atomic mass is 32.2. The zero-order chi connectivity index (χ0) is 14.4. The van der Waals surface area contributed by atoms with Crippen molar-refractivity contribution < 1.29 is 9.90 Å². The number of carbonyl (C=O) groups is 1. The van der Waals surface area contributed by atoms with E-state index in [-0.39, 0.29) is 6.54 Å². The molecule has 20 heavy (non-hydrogen) atoms. The molecule has 3 nitrogen and oxygen atoms in total. The Hall–Kier alpha value is -1.94. The average Bonchev–Trinajstić information content (AvgIpc) is 2.46. The fourth-order valence-corrected chi connectivity index (χ4v) is 2.95. The van der Waals surface area contributed by atoms with Crippen molar-refractivity contribution in [2.75, 3.05) is 18.0 Å². The molecule has 0 aliphatic rings. The Balaban J connectivity index is 2.27. The summed E-state index contributed by atoms with van der Waals surface area (Å²) in [4.78, 5) is 15.0. The molecule has 0 bridgehead atoms. The van der Waals surface area contributed by atoms with Crippen LogP contribution in [0.15, 0.2) is 64.4 Å². The maximum atomic E-state index is 11.0. The number of aliphatic carboxylic acids is 1. The van der Waals surface area contributed by atoms with Crippen molar-refractivity contribution in [1.29, 1.82) is 0 Å². The normalized spacial score (nSPS) is 10.2. The molecule has 0 aromatic heterocycles. The van der Waals surface area contributed by atoms with Gasteiger partial charge in [-0.15, -0.1) is 0 Å². The number of carboxylic acids is 1. The molecule has 2 aromatic rings. The maximum absolute atomic E-state index is 11.0. The number of nitrogens with zero attached hydrogens (tertiary/aromatic N) is 1. The first-order chi connectivity index (χ1) is 9.70. The van der Waals surface area contributed by atoms with E-state index in [0.29, 0.717) is 6.54 Å². The average molecular weight is 287 g/mol. The third-order valence-electron chi connectivity index (χ3n) is 2.88. The van der Waals surface area contributed by atoms with Crippen molar-refractivity contribution in [3.05, 3.63) is 54.6 Å². The molecule has 104 valence electrons. The van der Waals surface area contributed by atoms with Crippen LogP contribution in [0.1, 0.15) is 6.92 Å². The second kappa shape index (κ2) is 7.01. The SMILES string of the molecule is CCN(CC(=O)O)c1ccccc1Sc1ccccc1. The van der Waals surface area contributed by atoms with Gasteiger partial charge in [-0.1, -0.05) is 42.1 Å². The summed E-state index contributed by atoms with van der Waals surface area (Å²) < 4.78 is 0. The summed E-state index contributed by atoms with van der Waals surface area (Å²) in [5.41, 5.74) is 0.964. The molecule has 0 atom stereocenters. The van der Waals surface area contributed by atoms with Gasteiger partial charge in [-0.2, -0.15) is 0 Å². The minimum absolute atomic E-state index is 0.0167. The summed E-state index contributed by atoms with van der Waals surface area (Å²) >= 11 is 1.65. The smallest absolute Gasteiger partial charge is 0.323 e. The van der Waals surface area contributed by atoms with Crippen LogP contribution >= 0.6 is 11.8 Å². The second-order valence-corrected chi connectivity index (χ2v) is 5.41. The highest BCUT2D eigenvalue weighted by molar-refractivity contribution is 7.99. The molecule has 2 aromatic carbocycles. The molecule has 0 saturated heterocycles. The zero-order valence-electron chi connectivity index (χ0n) is 11.3. The molecule has 0 saturated carbocycles. The summed E-state index contributed by atoms with van der Waals surface area (Å²) in [6.45, 7) is 2.65. The van der Waals surface area contributed by atoms with E-state index in [9.17, 15) is 4.79 Å². The van der Waals surface area contributed by atoms with Crippen molar-refractivity contribution in [3.63, 3.8) is 0 Å². The molecule has 0 fully saturated rings. The van der Waals surface area contributed by atoms with Gasteiger partial charge in [-0.05, 0) is 31.2 Å². The van der Waals surface area contributed by atoms with Crippen LogP contribution in [0.25, 0.3) is 0 Å². The van der Waals surface area contributed by atoms with Crippen molar-refractivity contribution in [2.45, 2.75) is 16.7 Å². The summed E-state index contributed by atoms with van der Waals surface area (Å²) in [6.07, 6.45) is 0. The van der Waals surface area contributed by atoms with E-state index in [2.05, 4.69) is 12.1 Å². The van der Waals surface area contributed by atoms with E-state index in [1.54, 1.807) is 11.8 Å². The molecule has 0 heterocycles. The zero-order valence-corrected chi connectivity index (χ0v) is 12.1. The van der Waals surface area contributed by atoms with Gasteiger partial charge in [0.25, 0.3) is 0 Å².